The summed E-state index contributed by atoms with van der Waals surface area (Å²) in [6.45, 7) is 5.88. The summed E-state index contributed by atoms with van der Waals surface area (Å²) in [5, 5.41) is 9.34. The van der Waals surface area contributed by atoms with Crippen LogP contribution in [0.4, 0.5) is 8.78 Å². The summed E-state index contributed by atoms with van der Waals surface area (Å²) in [6.07, 6.45) is 4.30. The molecule has 0 amide bonds. The van der Waals surface area contributed by atoms with E-state index in [9.17, 15) is 13.9 Å². The van der Waals surface area contributed by atoms with E-state index in [0.717, 1.165) is 70.4 Å². The predicted molar refractivity (Wildman–Crippen MR) is 226 cm³/mol. The highest BCUT2D eigenvalue weighted by molar-refractivity contribution is 5.73. The Kier molecular flexibility index (Phi) is 14.2. The van der Waals surface area contributed by atoms with E-state index in [1.807, 2.05) is 103 Å². The first-order valence-corrected chi connectivity index (χ1v) is 19.3. The zero-order valence-corrected chi connectivity index (χ0v) is 32.1. The average molecular weight is 747 g/mol. The Balaban J connectivity index is 0.000000202. The summed E-state index contributed by atoms with van der Waals surface area (Å²) in [7, 11) is 0. The van der Waals surface area contributed by atoms with Gasteiger partial charge in [0.05, 0.1) is 13.2 Å². The van der Waals surface area contributed by atoms with Crippen LogP contribution in [-0.4, -0.2) is 18.3 Å². The number of phenols is 1. The van der Waals surface area contributed by atoms with Crippen LogP contribution in [0.25, 0.3) is 44.5 Å². The van der Waals surface area contributed by atoms with Gasteiger partial charge in [0.2, 0.25) is 0 Å². The molecule has 0 fully saturated rings. The van der Waals surface area contributed by atoms with Gasteiger partial charge < -0.3 is 14.6 Å². The molecule has 7 rings (SSSR count). The lowest BCUT2D eigenvalue weighted by Crippen LogP contribution is -2.06. The Morgan fingerprint density at radius 3 is 1.36 bits per heavy atom. The average Bonchev–Trinajstić information content (AvgIpc) is 3.23. The normalized spacial score (nSPS) is 10.8. The molecule has 5 heteroatoms. The molecule has 0 aliphatic heterocycles. The smallest absolute Gasteiger partial charge is 0.131 e. The number of halogens is 2. The monoisotopic (exact) mass is 746 g/mol. The SMILES string of the molecule is CCCc1ccc(-c2ccc(-c3ccc(O)cc3)cc2F)cc1.CCCc1ccc(-c2ccc(-c3ccc(OCCOCc4ccccc4)cc3)cc2F)cc1. The van der Waals surface area contributed by atoms with Crippen molar-refractivity contribution in [2.24, 2.45) is 0 Å². The second-order valence-electron chi connectivity index (χ2n) is 13.7. The van der Waals surface area contributed by atoms with Crippen LogP contribution in [0, 0.1) is 11.6 Å². The highest BCUT2D eigenvalue weighted by Gasteiger charge is 2.10. The van der Waals surface area contributed by atoms with Crippen LogP contribution in [0.5, 0.6) is 11.5 Å². The molecular weight excluding hydrogens is 699 g/mol. The van der Waals surface area contributed by atoms with Crippen LogP contribution in [0.15, 0.2) is 164 Å². The minimum atomic E-state index is -0.237. The van der Waals surface area contributed by atoms with Crippen molar-refractivity contribution >= 4 is 0 Å². The number of benzene rings is 7. The highest BCUT2D eigenvalue weighted by atomic mass is 19.1. The van der Waals surface area contributed by atoms with E-state index in [-0.39, 0.29) is 17.4 Å². The Morgan fingerprint density at radius 1 is 0.446 bits per heavy atom. The molecule has 0 radical (unpaired) electrons. The molecule has 3 nitrogen and oxygen atoms in total. The molecule has 7 aromatic carbocycles. The predicted octanol–water partition coefficient (Wildman–Crippen LogP) is 13.5. The third-order valence-corrected chi connectivity index (χ3v) is 9.54. The number of aryl methyl sites for hydroxylation is 2. The van der Waals surface area contributed by atoms with E-state index in [1.54, 1.807) is 36.4 Å². The molecule has 0 aliphatic rings. The van der Waals surface area contributed by atoms with E-state index in [2.05, 4.69) is 38.1 Å². The van der Waals surface area contributed by atoms with Gasteiger partial charge in [-0.2, -0.15) is 0 Å². The maximum atomic E-state index is 14.9. The standard InChI is InChI=1S/C30H29FO2.C21H19FO/c1-2-6-23-9-11-26(12-10-23)29-18-15-27(21-30(29)31)25-13-16-28(17-14-25)33-20-19-32-22-24-7-4-3-5-8-24;1-2-3-15-4-6-17(7-5-15)20-13-10-18(14-21(20)22)16-8-11-19(23)12-9-16/h3-5,7-18,21H,2,6,19-20,22H2,1H3;4-14,23H,2-3H2,1H3. The van der Waals surface area contributed by atoms with Crippen molar-refractivity contribution in [3.05, 3.63) is 192 Å². The van der Waals surface area contributed by atoms with Gasteiger partial charge in [-0.05, 0) is 99.3 Å². The van der Waals surface area contributed by atoms with Gasteiger partial charge in [-0.25, -0.2) is 8.78 Å². The Hall–Kier alpha value is -6.04. The van der Waals surface area contributed by atoms with E-state index >= 15 is 0 Å². The van der Waals surface area contributed by atoms with Crippen molar-refractivity contribution in [1.82, 2.24) is 0 Å². The maximum absolute atomic E-state index is 14.9. The lowest BCUT2D eigenvalue weighted by Gasteiger charge is -2.10. The van der Waals surface area contributed by atoms with Crippen LogP contribution in [0.2, 0.25) is 0 Å². The van der Waals surface area contributed by atoms with Crippen molar-refractivity contribution in [3.63, 3.8) is 0 Å². The molecule has 0 atom stereocenters. The topological polar surface area (TPSA) is 38.7 Å². The minimum Gasteiger partial charge on any atom is -0.508 e. The van der Waals surface area contributed by atoms with E-state index in [1.165, 1.54) is 11.1 Å². The number of hydrogen-bond donors (Lipinski definition) is 1. The van der Waals surface area contributed by atoms with E-state index < -0.39 is 0 Å². The molecule has 0 aliphatic carbocycles. The van der Waals surface area contributed by atoms with Gasteiger partial charge in [0.25, 0.3) is 0 Å². The van der Waals surface area contributed by atoms with Gasteiger partial charge >= 0.3 is 0 Å². The molecule has 0 heterocycles. The van der Waals surface area contributed by atoms with E-state index in [0.29, 0.717) is 30.9 Å². The molecule has 0 spiro atoms. The van der Waals surface area contributed by atoms with Crippen LogP contribution >= 0.6 is 0 Å². The third-order valence-electron chi connectivity index (χ3n) is 9.54. The lowest BCUT2D eigenvalue weighted by molar-refractivity contribution is 0.0889. The fourth-order valence-electron chi connectivity index (χ4n) is 6.52. The first-order chi connectivity index (χ1) is 27.4. The molecule has 7 aromatic rings. The molecular formula is C51H48F2O3. The Labute approximate surface area is 329 Å². The van der Waals surface area contributed by atoms with Crippen LogP contribution < -0.4 is 4.74 Å². The molecule has 0 saturated carbocycles. The van der Waals surface area contributed by atoms with Crippen molar-refractivity contribution in [2.45, 2.75) is 46.1 Å². The van der Waals surface area contributed by atoms with Gasteiger partial charge in [0.1, 0.15) is 29.7 Å². The van der Waals surface area contributed by atoms with Gasteiger partial charge in [-0.15, -0.1) is 0 Å². The number of hydrogen-bond acceptors (Lipinski definition) is 3. The molecule has 1 N–H and O–H groups in total. The van der Waals surface area contributed by atoms with Gasteiger partial charge in [0, 0.05) is 11.1 Å². The molecule has 0 aromatic heterocycles. The van der Waals surface area contributed by atoms with E-state index in [4.69, 9.17) is 9.47 Å². The van der Waals surface area contributed by atoms with Crippen molar-refractivity contribution in [2.75, 3.05) is 13.2 Å². The van der Waals surface area contributed by atoms with Crippen molar-refractivity contribution in [1.29, 1.82) is 0 Å². The highest BCUT2D eigenvalue weighted by Crippen LogP contribution is 2.31. The first kappa shape index (κ1) is 39.6. The summed E-state index contributed by atoms with van der Waals surface area (Å²) in [5.41, 5.74) is 10.2. The fraction of sp³-hybridized carbons (Fsp3) is 0.176. The first-order valence-electron chi connectivity index (χ1n) is 19.3. The molecule has 0 unspecified atom stereocenters. The Morgan fingerprint density at radius 2 is 0.893 bits per heavy atom. The number of aromatic hydroxyl groups is 1. The largest absolute Gasteiger partial charge is 0.508 e. The third kappa shape index (κ3) is 11.0. The summed E-state index contributed by atoms with van der Waals surface area (Å²) in [6, 6.07) is 51.5. The van der Waals surface area contributed by atoms with Crippen molar-refractivity contribution in [3.8, 4) is 56.0 Å². The maximum Gasteiger partial charge on any atom is 0.131 e. The molecule has 284 valence electrons. The van der Waals surface area contributed by atoms with Gasteiger partial charge in [0.15, 0.2) is 0 Å². The number of phenolic OH excluding ortho intramolecular Hbond substituents is 1. The molecule has 0 bridgehead atoms. The lowest BCUT2D eigenvalue weighted by atomic mass is 9.98. The van der Waals surface area contributed by atoms with Crippen LogP contribution in [0.1, 0.15) is 43.4 Å². The summed E-state index contributed by atoms with van der Waals surface area (Å²) in [5.74, 6) is 0.523. The summed E-state index contributed by atoms with van der Waals surface area (Å²) < 4.78 is 40.8. The number of rotatable bonds is 14. The zero-order valence-electron chi connectivity index (χ0n) is 32.1. The fourth-order valence-corrected chi connectivity index (χ4v) is 6.52. The zero-order chi connectivity index (χ0) is 39.1. The number of ether oxygens (including phenoxy) is 2. The van der Waals surface area contributed by atoms with Gasteiger partial charge in [-0.3, -0.25) is 0 Å². The second kappa shape index (κ2) is 20.0. The van der Waals surface area contributed by atoms with Crippen LogP contribution in [0.3, 0.4) is 0 Å². The molecule has 0 saturated heterocycles. The summed E-state index contributed by atoms with van der Waals surface area (Å²) in [4.78, 5) is 0. The Bertz CT molecular complexity index is 2250. The van der Waals surface area contributed by atoms with Crippen LogP contribution in [-0.2, 0) is 24.2 Å². The quantitative estimate of drug-likeness (QED) is 0.113. The second-order valence-corrected chi connectivity index (χ2v) is 13.7. The molecule has 56 heavy (non-hydrogen) atoms. The van der Waals surface area contributed by atoms with Crippen molar-refractivity contribution < 1.29 is 23.4 Å². The van der Waals surface area contributed by atoms with Gasteiger partial charge in [-0.1, -0.05) is 154 Å². The summed E-state index contributed by atoms with van der Waals surface area (Å²) >= 11 is 0. The minimum absolute atomic E-state index is 0.206.